The molecule has 0 radical (unpaired) electrons. The van der Waals surface area contributed by atoms with E-state index in [4.69, 9.17) is 16.3 Å². The molecule has 1 saturated heterocycles. The highest BCUT2D eigenvalue weighted by molar-refractivity contribution is 6.31. The maximum atomic E-state index is 13.1. The normalized spacial score (nSPS) is 19.7. The number of benzene rings is 1. The van der Waals surface area contributed by atoms with Gasteiger partial charge in [-0.25, -0.2) is 0 Å². The summed E-state index contributed by atoms with van der Waals surface area (Å²) < 4.78 is 5.62. The summed E-state index contributed by atoms with van der Waals surface area (Å²) in [7, 11) is 0. The minimum absolute atomic E-state index is 0.151. The first-order chi connectivity index (χ1) is 12.6. The van der Waals surface area contributed by atoms with Crippen molar-refractivity contribution < 1.29 is 14.3 Å². The smallest absolute Gasteiger partial charge is 0.254 e. The maximum Gasteiger partial charge on any atom is 0.254 e. The molecule has 3 rings (SSSR count). The lowest BCUT2D eigenvalue weighted by molar-refractivity contribution is -0.155. The SMILES string of the molecule is CCN(Cc1cccnc1)C(=O)[C@H]1OCC(=O)N[C@@H]1c1ccccc1Cl. The second-order valence-electron chi connectivity index (χ2n) is 6.01. The summed E-state index contributed by atoms with van der Waals surface area (Å²) in [5, 5.41) is 3.32. The third kappa shape index (κ3) is 4.03. The quantitative estimate of drug-likeness (QED) is 0.873. The molecular formula is C19H20ClN3O3. The van der Waals surface area contributed by atoms with Gasteiger partial charge in [-0.15, -0.1) is 0 Å². The van der Waals surface area contributed by atoms with Gasteiger partial charge in [0.05, 0.1) is 6.04 Å². The van der Waals surface area contributed by atoms with Crippen LogP contribution < -0.4 is 5.32 Å². The van der Waals surface area contributed by atoms with Crippen molar-refractivity contribution in [2.24, 2.45) is 0 Å². The maximum absolute atomic E-state index is 13.1. The Labute approximate surface area is 157 Å². The Hall–Kier alpha value is -2.44. The van der Waals surface area contributed by atoms with E-state index in [0.717, 1.165) is 5.56 Å². The van der Waals surface area contributed by atoms with Crippen molar-refractivity contribution in [3.8, 4) is 0 Å². The number of rotatable bonds is 5. The molecule has 6 nitrogen and oxygen atoms in total. The van der Waals surface area contributed by atoms with Crippen LogP contribution in [0.5, 0.6) is 0 Å². The van der Waals surface area contributed by atoms with E-state index < -0.39 is 12.1 Å². The first kappa shape index (κ1) is 18.4. The molecule has 7 heteroatoms. The van der Waals surface area contributed by atoms with Gasteiger partial charge in [-0.1, -0.05) is 35.9 Å². The van der Waals surface area contributed by atoms with E-state index in [1.807, 2.05) is 25.1 Å². The number of nitrogens with zero attached hydrogens (tertiary/aromatic N) is 2. The van der Waals surface area contributed by atoms with Gasteiger partial charge in [0, 0.05) is 30.5 Å². The number of nitrogens with one attached hydrogen (secondary N) is 1. The number of halogens is 1. The van der Waals surface area contributed by atoms with E-state index in [2.05, 4.69) is 10.3 Å². The van der Waals surface area contributed by atoms with Crippen molar-refractivity contribution in [3.05, 3.63) is 64.9 Å². The van der Waals surface area contributed by atoms with Gasteiger partial charge in [-0.05, 0) is 30.2 Å². The lowest BCUT2D eigenvalue weighted by Gasteiger charge is -2.35. The second kappa shape index (κ2) is 8.29. The Bertz CT molecular complexity index is 785. The summed E-state index contributed by atoms with van der Waals surface area (Å²) in [6.45, 7) is 2.69. The molecule has 0 spiro atoms. The summed E-state index contributed by atoms with van der Waals surface area (Å²) in [6, 6.07) is 10.3. The number of carbonyl (C=O) groups excluding carboxylic acids is 2. The molecule has 1 aromatic heterocycles. The molecule has 2 atom stereocenters. The van der Waals surface area contributed by atoms with Crippen LogP contribution in [0.4, 0.5) is 0 Å². The van der Waals surface area contributed by atoms with Crippen molar-refractivity contribution in [3.63, 3.8) is 0 Å². The van der Waals surface area contributed by atoms with Gasteiger partial charge in [-0.2, -0.15) is 0 Å². The molecule has 0 bridgehead atoms. The Morgan fingerprint density at radius 2 is 2.15 bits per heavy atom. The highest BCUT2D eigenvalue weighted by Crippen LogP contribution is 2.29. The van der Waals surface area contributed by atoms with Gasteiger partial charge >= 0.3 is 0 Å². The van der Waals surface area contributed by atoms with Crippen LogP contribution in [0.3, 0.4) is 0 Å². The van der Waals surface area contributed by atoms with Gasteiger partial charge < -0.3 is 15.0 Å². The van der Waals surface area contributed by atoms with E-state index >= 15 is 0 Å². The molecule has 136 valence electrons. The fourth-order valence-corrected chi connectivity index (χ4v) is 3.23. The fourth-order valence-electron chi connectivity index (χ4n) is 2.97. The summed E-state index contributed by atoms with van der Waals surface area (Å²) in [5.41, 5.74) is 1.59. The van der Waals surface area contributed by atoms with Crippen LogP contribution in [0.2, 0.25) is 5.02 Å². The lowest BCUT2D eigenvalue weighted by atomic mass is 9.98. The average molecular weight is 374 g/mol. The summed E-state index contributed by atoms with van der Waals surface area (Å²) >= 11 is 6.28. The minimum Gasteiger partial charge on any atom is -0.356 e. The number of hydrogen-bond donors (Lipinski definition) is 1. The molecule has 1 aliphatic rings. The van der Waals surface area contributed by atoms with Crippen LogP contribution >= 0.6 is 11.6 Å². The zero-order valence-electron chi connectivity index (χ0n) is 14.4. The van der Waals surface area contributed by atoms with Gasteiger partial charge in [0.15, 0.2) is 6.10 Å². The zero-order chi connectivity index (χ0) is 18.5. The van der Waals surface area contributed by atoms with E-state index in [9.17, 15) is 9.59 Å². The molecule has 1 fully saturated rings. The Balaban J connectivity index is 1.85. The van der Waals surface area contributed by atoms with Crippen LogP contribution in [0, 0.1) is 0 Å². The molecule has 1 N–H and O–H groups in total. The number of pyridine rings is 1. The number of carbonyl (C=O) groups is 2. The monoisotopic (exact) mass is 373 g/mol. The molecule has 2 amide bonds. The lowest BCUT2D eigenvalue weighted by Crippen LogP contribution is -2.53. The van der Waals surface area contributed by atoms with Crippen LogP contribution in [0.25, 0.3) is 0 Å². The second-order valence-corrected chi connectivity index (χ2v) is 6.42. The molecule has 2 aromatic rings. The predicted molar refractivity (Wildman–Crippen MR) is 97.4 cm³/mol. The standard InChI is InChI=1S/C19H20ClN3O3/c1-2-23(11-13-6-5-9-21-10-13)19(25)18-17(22-16(24)12-26-18)14-7-3-4-8-15(14)20/h3-10,17-18H,2,11-12H2,1H3,(H,22,24)/t17-,18+/m1/s1. The minimum atomic E-state index is -0.829. The third-order valence-corrected chi connectivity index (χ3v) is 4.63. The van der Waals surface area contributed by atoms with E-state index in [0.29, 0.717) is 23.7 Å². The number of morpholine rings is 1. The van der Waals surface area contributed by atoms with E-state index in [-0.39, 0.29) is 18.4 Å². The molecular weight excluding hydrogens is 354 g/mol. The van der Waals surface area contributed by atoms with Crippen LogP contribution in [-0.2, 0) is 20.9 Å². The van der Waals surface area contributed by atoms with Gasteiger partial charge in [0.1, 0.15) is 6.61 Å². The zero-order valence-corrected chi connectivity index (χ0v) is 15.1. The number of hydrogen-bond acceptors (Lipinski definition) is 4. The number of aromatic nitrogens is 1. The molecule has 0 aliphatic carbocycles. The Morgan fingerprint density at radius 3 is 2.85 bits per heavy atom. The van der Waals surface area contributed by atoms with Crippen LogP contribution in [0.15, 0.2) is 48.8 Å². The summed E-state index contributed by atoms with van der Waals surface area (Å²) in [4.78, 5) is 30.7. The highest BCUT2D eigenvalue weighted by Gasteiger charge is 2.38. The van der Waals surface area contributed by atoms with Crippen LogP contribution in [-0.4, -0.2) is 41.0 Å². The predicted octanol–water partition coefficient (Wildman–Crippen LogP) is 2.34. The first-order valence-corrected chi connectivity index (χ1v) is 8.81. The van der Waals surface area contributed by atoms with Crippen LogP contribution in [0.1, 0.15) is 24.1 Å². The number of ether oxygens (including phenoxy) is 1. The van der Waals surface area contributed by atoms with Crippen molar-refractivity contribution in [1.29, 1.82) is 0 Å². The third-order valence-electron chi connectivity index (χ3n) is 4.29. The molecule has 1 aliphatic heterocycles. The largest absolute Gasteiger partial charge is 0.356 e. The van der Waals surface area contributed by atoms with E-state index in [1.54, 1.807) is 35.5 Å². The summed E-state index contributed by atoms with van der Waals surface area (Å²) in [5.74, 6) is -0.462. The summed E-state index contributed by atoms with van der Waals surface area (Å²) in [6.07, 6.45) is 2.59. The van der Waals surface area contributed by atoms with E-state index in [1.165, 1.54) is 0 Å². The molecule has 1 aromatic carbocycles. The first-order valence-electron chi connectivity index (χ1n) is 8.43. The number of likely N-dealkylation sites (N-methyl/N-ethyl adjacent to an activating group) is 1. The molecule has 0 saturated carbocycles. The average Bonchev–Trinajstić information content (AvgIpc) is 2.67. The van der Waals surface area contributed by atoms with Gasteiger partial charge in [0.2, 0.25) is 5.91 Å². The number of amides is 2. The highest BCUT2D eigenvalue weighted by atomic mass is 35.5. The van der Waals surface area contributed by atoms with Crippen molar-refractivity contribution in [1.82, 2.24) is 15.2 Å². The Kier molecular flexibility index (Phi) is 5.85. The fraction of sp³-hybridized carbons (Fsp3) is 0.316. The van der Waals surface area contributed by atoms with Crippen molar-refractivity contribution >= 4 is 23.4 Å². The Morgan fingerprint density at radius 1 is 1.35 bits per heavy atom. The van der Waals surface area contributed by atoms with Crippen molar-refractivity contribution in [2.75, 3.05) is 13.2 Å². The van der Waals surface area contributed by atoms with Gasteiger partial charge in [0.25, 0.3) is 5.91 Å². The molecule has 2 heterocycles. The molecule has 0 unspecified atom stereocenters. The van der Waals surface area contributed by atoms with Gasteiger partial charge in [-0.3, -0.25) is 14.6 Å². The van der Waals surface area contributed by atoms with Crippen molar-refractivity contribution in [2.45, 2.75) is 25.6 Å². The topological polar surface area (TPSA) is 71.5 Å². The molecule has 26 heavy (non-hydrogen) atoms.